The van der Waals surface area contributed by atoms with Crippen LogP contribution in [0.3, 0.4) is 0 Å². The van der Waals surface area contributed by atoms with Gasteiger partial charge in [-0.05, 0) is 55.8 Å². The molecule has 0 aliphatic carbocycles. The van der Waals surface area contributed by atoms with E-state index in [0.29, 0.717) is 12.0 Å². The van der Waals surface area contributed by atoms with Crippen molar-refractivity contribution in [1.29, 1.82) is 0 Å². The van der Waals surface area contributed by atoms with Gasteiger partial charge in [0.25, 0.3) is 0 Å². The molecule has 0 bridgehead atoms. The van der Waals surface area contributed by atoms with E-state index in [0.717, 1.165) is 43.8 Å². The minimum Gasteiger partial charge on any atom is -0.481 e. The highest BCUT2D eigenvalue weighted by molar-refractivity contribution is 6.30. The van der Waals surface area contributed by atoms with Gasteiger partial charge in [0.2, 0.25) is 0 Å². The third kappa shape index (κ3) is 4.72. The van der Waals surface area contributed by atoms with Crippen molar-refractivity contribution >= 4 is 17.6 Å². The van der Waals surface area contributed by atoms with E-state index in [1.165, 1.54) is 5.56 Å². The maximum Gasteiger partial charge on any atom is 0.303 e. The van der Waals surface area contributed by atoms with Crippen molar-refractivity contribution in [1.82, 2.24) is 4.90 Å². The van der Waals surface area contributed by atoms with Gasteiger partial charge in [-0.2, -0.15) is 0 Å². The summed E-state index contributed by atoms with van der Waals surface area (Å²) in [6.45, 7) is 4.29. The molecule has 0 saturated carbocycles. The Morgan fingerprint density at radius 2 is 2.33 bits per heavy atom. The van der Waals surface area contributed by atoms with Crippen LogP contribution in [0.25, 0.3) is 0 Å². The van der Waals surface area contributed by atoms with Gasteiger partial charge < -0.3 is 5.11 Å². The van der Waals surface area contributed by atoms with E-state index in [1.54, 1.807) is 0 Å². The second-order valence-corrected chi connectivity index (χ2v) is 6.35. The number of carbonyl (C=O) groups is 1. The van der Waals surface area contributed by atoms with Crippen molar-refractivity contribution in [3.05, 3.63) is 34.9 Å². The summed E-state index contributed by atoms with van der Waals surface area (Å²) in [6, 6.07) is 8.49. The molecule has 1 fully saturated rings. The molecule has 21 heavy (non-hydrogen) atoms. The molecule has 0 amide bonds. The average molecular weight is 310 g/mol. The fraction of sp³-hybridized carbons (Fsp3) is 0.588. The molecule has 1 N–H and O–H groups in total. The van der Waals surface area contributed by atoms with E-state index in [2.05, 4.69) is 24.0 Å². The lowest BCUT2D eigenvalue weighted by Crippen LogP contribution is -2.38. The van der Waals surface area contributed by atoms with Crippen molar-refractivity contribution in [2.45, 2.75) is 45.1 Å². The quantitative estimate of drug-likeness (QED) is 0.848. The van der Waals surface area contributed by atoms with Crippen LogP contribution in [0.4, 0.5) is 0 Å². The predicted molar refractivity (Wildman–Crippen MR) is 85.7 cm³/mol. The molecule has 2 atom stereocenters. The first kappa shape index (κ1) is 16.3. The van der Waals surface area contributed by atoms with Gasteiger partial charge in [-0.1, -0.05) is 30.7 Å². The number of aliphatic carboxylic acids is 1. The third-order valence-electron chi connectivity index (χ3n) is 4.38. The topological polar surface area (TPSA) is 40.5 Å². The zero-order valence-electron chi connectivity index (χ0n) is 12.6. The molecule has 3 nitrogen and oxygen atoms in total. The van der Waals surface area contributed by atoms with Crippen molar-refractivity contribution in [3.8, 4) is 0 Å². The van der Waals surface area contributed by atoms with Crippen LogP contribution in [-0.4, -0.2) is 29.1 Å². The number of hydrogen-bond donors (Lipinski definition) is 1. The highest BCUT2D eigenvalue weighted by Crippen LogP contribution is 2.31. The van der Waals surface area contributed by atoms with Gasteiger partial charge in [-0.15, -0.1) is 0 Å². The lowest BCUT2D eigenvalue weighted by molar-refractivity contribution is -0.137. The van der Waals surface area contributed by atoms with Crippen LogP contribution in [0, 0.1) is 5.92 Å². The standard InChI is InChI=1S/C17H24ClNO2/c1-2-16(14-6-3-7-15(18)11-14)19-10-4-5-13(12-19)8-9-17(20)21/h3,6-7,11,13,16H,2,4-5,8-10,12H2,1H3,(H,20,21). The van der Waals surface area contributed by atoms with Gasteiger partial charge in [0.05, 0.1) is 0 Å². The molecular formula is C17H24ClNO2. The Kier molecular flexibility index (Phi) is 6.07. The Morgan fingerprint density at radius 1 is 1.52 bits per heavy atom. The Balaban J connectivity index is 2.02. The van der Waals surface area contributed by atoms with Crippen LogP contribution >= 0.6 is 11.6 Å². The maximum absolute atomic E-state index is 10.7. The molecule has 2 unspecified atom stereocenters. The van der Waals surface area contributed by atoms with E-state index < -0.39 is 5.97 Å². The minimum atomic E-state index is -0.686. The summed E-state index contributed by atoms with van der Waals surface area (Å²) >= 11 is 6.11. The molecule has 0 aromatic heterocycles. The number of rotatable bonds is 6. The number of piperidine rings is 1. The number of likely N-dealkylation sites (tertiary alicyclic amines) is 1. The summed E-state index contributed by atoms with van der Waals surface area (Å²) in [4.78, 5) is 13.2. The zero-order valence-corrected chi connectivity index (χ0v) is 13.4. The normalized spacial score (nSPS) is 21.1. The van der Waals surface area contributed by atoms with Crippen LogP contribution in [0.15, 0.2) is 24.3 Å². The number of benzene rings is 1. The summed E-state index contributed by atoms with van der Waals surface area (Å²) in [6.07, 6.45) is 4.42. The SMILES string of the molecule is CCC(c1cccc(Cl)c1)N1CCCC(CCC(=O)O)C1. The Labute approximate surface area is 131 Å². The first-order valence-corrected chi connectivity index (χ1v) is 8.19. The molecule has 0 radical (unpaired) electrons. The summed E-state index contributed by atoms with van der Waals surface area (Å²) in [7, 11) is 0. The first-order valence-electron chi connectivity index (χ1n) is 7.81. The molecule has 1 aromatic carbocycles. The average Bonchev–Trinajstić information content (AvgIpc) is 2.46. The Hall–Kier alpha value is -1.06. The molecule has 1 heterocycles. The molecule has 1 aliphatic rings. The van der Waals surface area contributed by atoms with Crippen molar-refractivity contribution < 1.29 is 9.90 Å². The number of hydrogen-bond acceptors (Lipinski definition) is 2. The largest absolute Gasteiger partial charge is 0.481 e. The summed E-state index contributed by atoms with van der Waals surface area (Å²) in [5.74, 6) is -0.183. The monoisotopic (exact) mass is 309 g/mol. The lowest BCUT2D eigenvalue weighted by atomic mass is 9.91. The second-order valence-electron chi connectivity index (χ2n) is 5.91. The Bertz CT molecular complexity index is 478. The van der Waals surface area contributed by atoms with Crippen LogP contribution in [0.2, 0.25) is 5.02 Å². The van der Waals surface area contributed by atoms with Crippen LogP contribution in [-0.2, 0) is 4.79 Å². The molecule has 4 heteroatoms. The molecule has 1 aliphatic heterocycles. The summed E-state index contributed by atoms with van der Waals surface area (Å²) in [5, 5.41) is 9.63. The second kappa shape index (κ2) is 7.81. The number of carboxylic acids is 1. The van der Waals surface area contributed by atoms with Gasteiger partial charge in [-0.3, -0.25) is 9.69 Å². The lowest BCUT2D eigenvalue weighted by Gasteiger charge is -2.38. The predicted octanol–water partition coefficient (Wildman–Crippen LogP) is 4.37. The van der Waals surface area contributed by atoms with E-state index in [4.69, 9.17) is 16.7 Å². The van der Waals surface area contributed by atoms with E-state index in [-0.39, 0.29) is 6.42 Å². The van der Waals surface area contributed by atoms with Gasteiger partial charge in [0.1, 0.15) is 0 Å². The molecule has 0 spiro atoms. The molecule has 1 saturated heterocycles. The number of carboxylic acid groups (broad SMARTS) is 1. The number of halogens is 1. The van der Waals surface area contributed by atoms with Gasteiger partial charge in [0, 0.05) is 24.0 Å². The molecule has 1 aromatic rings. The fourth-order valence-electron chi connectivity index (χ4n) is 3.36. The highest BCUT2D eigenvalue weighted by Gasteiger charge is 2.26. The van der Waals surface area contributed by atoms with Crippen molar-refractivity contribution in [2.24, 2.45) is 5.92 Å². The van der Waals surface area contributed by atoms with Crippen molar-refractivity contribution in [3.63, 3.8) is 0 Å². The third-order valence-corrected chi connectivity index (χ3v) is 4.61. The van der Waals surface area contributed by atoms with Crippen LogP contribution in [0.5, 0.6) is 0 Å². The highest BCUT2D eigenvalue weighted by atomic mass is 35.5. The van der Waals surface area contributed by atoms with Gasteiger partial charge >= 0.3 is 5.97 Å². The van der Waals surface area contributed by atoms with E-state index in [1.807, 2.05) is 12.1 Å². The zero-order chi connectivity index (χ0) is 15.2. The summed E-state index contributed by atoms with van der Waals surface area (Å²) < 4.78 is 0. The Morgan fingerprint density at radius 3 is 3.00 bits per heavy atom. The minimum absolute atomic E-state index is 0.284. The smallest absolute Gasteiger partial charge is 0.303 e. The molecule has 2 rings (SSSR count). The summed E-state index contributed by atoms with van der Waals surface area (Å²) in [5.41, 5.74) is 1.27. The molecular weight excluding hydrogens is 286 g/mol. The van der Waals surface area contributed by atoms with Crippen LogP contribution < -0.4 is 0 Å². The van der Waals surface area contributed by atoms with E-state index >= 15 is 0 Å². The first-order chi connectivity index (χ1) is 10.1. The number of nitrogens with zero attached hydrogens (tertiary/aromatic N) is 1. The molecule has 116 valence electrons. The van der Waals surface area contributed by atoms with Crippen molar-refractivity contribution in [2.75, 3.05) is 13.1 Å². The maximum atomic E-state index is 10.7. The van der Waals surface area contributed by atoms with Crippen LogP contribution in [0.1, 0.15) is 50.6 Å². The van der Waals surface area contributed by atoms with E-state index in [9.17, 15) is 4.79 Å². The van der Waals surface area contributed by atoms with Gasteiger partial charge in [0.15, 0.2) is 0 Å². The fourth-order valence-corrected chi connectivity index (χ4v) is 3.56. The van der Waals surface area contributed by atoms with Gasteiger partial charge in [-0.25, -0.2) is 0 Å².